The first-order valence-corrected chi connectivity index (χ1v) is 5.39. The van der Waals surface area contributed by atoms with Gasteiger partial charge < -0.3 is 4.90 Å². The predicted octanol–water partition coefficient (Wildman–Crippen LogP) is 3.00. The molecule has 1 aliphatic heterocycles. The standard InChI is InChI=1S/C12H14ClNO/c1-12(2)7-14(8-12)11-5-10(13)4-3-9(11)6-15/h3-6H,7-8H2,1-2H3. The van der Waals surface area contributed by atoms with E-state index in [1.807, 2.05) is 6.07 Å². The van der Waals surface area contributed by atoms with Crippen LogP contribution in [-0.2, 0) is 0 Å². The highest BCUT2D eigenvalue weighted by atomic mass is 35.5. The summed E-state index contributed by atoms with van der Waals surface area (Å²) in [5, 5.41) is 0.681. The highest BCUT2D eigenvalue weighted by Crippen LogP contribution is 2.35. The van der Waals surface area contributed by atoms with Gasteiger partial charge in [0.15, 0.2) is 6.29 Å². The summed E-state index contributed by atoms with van der Waals surface area (Å²) in [7, 11) is 0. The number of halogens is 1. The Labute approximate surface area is 94.8 Å². The molecule has 0 radical (unpaired) electrons. The zero-order valence-corrected chi connectivity index (χ0v) is 9.71. The molecular weight excluding hydrogens is 210 g/mol. The van der Waals surface area contributed by atoms with Crippen LogP contribution < -0.4 is 4.90 Å². The van der Waals surface area contributed by atoms with Gasteiger partial charge in [0.05, 0.1) is 0 Å². The Morgan fingerprint density at radius 2 is 2.07 bits per heavy atom. The maximum absolute atomic E-state index is 10.9. The molecule has 1 saturated heterocycles. The molecule has 1 aromatic carbocycles. The van der Waals surface area contributed by atoms with Crippen LogP contribution in [0.4, 0.5) is 5.69 Å². The first kappa shape index (κ1) is 10.5. The van der Waals surface area contributed by atoms with Crippen LogP contribution in [0.5, 0.6) is 0 Å². The van der Waals surface area contributed by atoms with Gasteiger partial charge in [-0.2, -0.15) is 0 Å². The number of benzene rings is 1. The Hall–Kier alpha value is -1.02. The fourth-order valence-corrected chi connectivity index (χ4v) is 2.21. The molecule has 0 N–H and O–H groups in total. The summed E-state index contributed by atoms with van der Waals surface area (Å²) in [4.78, 5) is 13.1. The number of rotatable bonds is 2. The fourth-order valence-electron chi connectivity index (χ4n) is 2.05. The van der Waals surface area contributed by atoms with Gasteiger partial charge in [-0.25, -0.2) is 0 Å². The summed E-state index contributed by atoms with van der Waals surface area (Å²) in [6, 6.07) is 5.39. The van der Waals surface area contributed by atoms with Crippen molar-refractivity contribution in [3.05, 3.63) is 28.8 Å². The number of hydrogen-bond acceptors (Lipinski definition) is 2. The van der Waals surface area contributed by atoms with Gasteiger partial charge >= 0.3 is 0 Å². The molecule has 2 nitrogen and oxygen atoms in total. The fraction of sp³-hybridized carbons (Fsp3) is 0.417. The van der Waals surface area contributed by atoms with Gasteiger partial charge in [0.1, 0.15) is 0 Å². The maximum Gasteiger partial charge on any atom is 0.152 e. The van der Waals surface area contributed by atoms with Crippen molar-refractivity contribution in [1.82, 2.24) is 0 Å². The molecule has 1 aliphatic rings. The van der Waals surface area contributed by atoms with Crippen LogP contribution in [0.3, 0.4) is 0 Å². The minimum absolute atomic E-state index is 0.350. The zero-order chi connectivity index (χ0) is 11.1. The van der Waals surface area contributed by atoms with Crippen molar-refractivity contribution in [3.63, 3.8) is 0 Å². The summed E-state index contributed by atoms with van der Waals surface area (Å²) < 4.78 is 0. The minimum atomic E-state index is 0.350. The van der Waals surface area contributed by atoms with Gasteiger partial charge in [-0.1, -0.05) is 25.4 Å². The lowest BCUT2D eigenvalue weighted by atomic mass is 9.83. The molecule has 2 rings (SSSR count). The van der Waals surface area contributed by atoms with Crippen molar-refractivity contribution in [2.24, 2.45) is 5.41 Å². The Balaban J connectivity index is 2.28. The molecule has 0 amide bonds. The van der Waals surface area contributed by atoms with Crippen LogP contribution in [0.2, 0.25) is 5.02 Å². The lowest BCUT2D eigenvalue weighted by Gasteiger charge is -2.47. The quantitative estimate of drug-likeness (QED) is 0.719. The van der Waals surface area contributed by atoms with E-state index in [4.69, 9.17) is 11.6 Å². The third-order valence-corrected chi connectivity index (χ3v) is 2.93. The van der Waals surface area contributed by atoms with Crippen molar-refractivity contribution in [2.45, 2.75) is 13.8 Å². The maximum atomic E-state index is 10.9. The van der Waals surface area contributed by atoms with E-state index in [2.05, 4.69) is 18.7 Å². The Morgan fingerprint density at radius 3 is 2.60 bits per heavy atom. The van der Waals surface area contributed by atoms with Crippen molar-refractivity contribution < 1.29 is 4.79 Å². The normalized spacial score (nSPS) is 18.5. The summed E-state index contributed by atoms with van der Waals surface area (Å²) >= 11 is 5.93. The second-order valence-corrected chi connectivity index (χ2v) is 5.28. The average Bonchev–Trinajstić information content (AvgIpc) is 2.14. The Bertz CT molecular complexity index is 393. The molecule has 0 aliphatic carbocycles. The molecule has 15 heavy (non-hydrogen) atoms. The first-order chi connectivity index (χ1) is 7.02. The van der Waals surface area contributed by atoms with Crippen molar-refractivity contribution in [1.29, 1.82) is 0 Å². The SMILES string of the molecule is CC1(C)CN(c2cc(Cl)ccc2C=O)C1. The summed E-state index contributed by atoms with van der Waals surface area (Å²) in [5.74, 6) is 0. The van der Waals surface area contributed by atoms with E-state index < -0.39 is 0 Å². The van der Waals surface area contributed by atoms with E-state index in [0.717, 1.165) is 30.6 Å². The first-order valence-electron chi connectivity index (χ1n) is 5.01. The van der Waals surface area contributed by atoms with Gasteiger partial charge in [0.2, 0.25) is 0 Å². The molecule has 0 spiro atoms. The molecule has 1 heterocycles. The van der Waals surface area contributed by atoms with Gasteiger partial charge in [-0.3, -0.25) is 4.79 Å². The molecular formula is C12H14ClNO. The van der Waals surface area contributed by atoms with Crippen molar-refractivity contribution >= 4 is 23.6 Å². The minimum Gasteiger partial charge on any atom is -0.370 e. The lowest BCUT2D eigenvalue weighted by molar-refractivity contribution is 0.112. The monoisotopic (exact) mass is 223 g/mol. The molecule has 3 heteroatoms. The Kier molecular flexibility index (Phi) is 2.47. The van der Waals surface area contributed by atoms with Crippen LogP contribution in [0.1, 0.15) is 24.2 Å². The van der Waals surface area contributed by atoms with E-state index in [0.29, 0.717) is 10.4 Å². The molecule has 1 fully saturated rings. The van der Waals surface area contributed by atoms with Gasteiger partial charge in [-0.15, -0.1) is 0 Å². The second kappa shape index (κ2) is 3.53. The summed E-state index contributed by atoms with van der Waals surface area (Å²) in [6.07, 6.45) is 0.886. The smallest absolute Gasteiger partial charge is 0.152 e. The van der Waals surface area contributed by atoms with E-state index in [1.165, 1.54) is 0 Å². The van der Waals surface area contributed by atoms with Crippen LogP contribution in [-0.4, -0.2) is 19.4 Å². The third-order valence-electron chi connectivity index (χ3n) is 2.70. The second-order valence-electron chi connectivity index (χ2n) is 4.84. The highest BCUT2D eigenvalue weighted by molar-refractivity contribution is 6.31. The summed E-state index contributed by atoms with van der Waals surface area (Å²) in [6.45, 7) is 6.39. The molecule has 0 bridgehead atoms. The molecule has 0 saturated carbocycles. The number of hydrogen-bond donors (Lipinski definition) is 0. The van der Waals surface area contributed by atoms with E-state index in [-0.39, 0.29) is 0 Å². The molecule has 1 aromatic rings. The Morgan fingerprint density at radius 1 is 1.40 bits per heavy atom. The van der Waals surface area contributed by atoms with Crippen molar-refractivity contribution in [2.75, 3.05) is 18.0 Å². The van der Waals surface area contributed by atoms with Gasteiger partial charge in [0.25, 0.3) is 0 Å². The van der Waals surface area contributed by atoms with Crippen LogP contribution >= 0.6 is 11.6 Å². The molecule has 0 unspecified atom stereocenters. The zero-order valence-electron chi connectivity index (χ0n) is 8.96. The average molecular weight is 224 g/mol. The molecule has 0 aromatic heterocycles. The number of nitrogens with zero attached hydrogens (tertiary/aromatic N) is 1. The van der Waals surface area contributed by atoms with E-state index in [9.17, 15) is 4.79 Å². The topological polar surface area (TPSA) is 20.3 Å². The van der Waals surface area contributed by atoms with Crippen LogP contribution in [0.25, 0.3) is 0 Å². The molecule has 0 atom stereocenters. The van der Waals surface area contributed by atoms with E-state index >= 15 is 0 Å². The van der Waals surface area contributed by atoms with Gasteiger partial charge in [0, 0.05) is 29.4 Å². The summed E-state index contributed by atoms with van der Waals surface area (Å²) in [5.41, 5.74) is 2.02. The number of carbonyl (C=O) groups excluding carboxylic acids is 1. The number of carbonyl (C=O) groups is 1. The van der Waals surface area contributed by atoms with E-state index in [1.54, 1.807) is 12.1 Å². The van der Waals surface area contributed by atoms with Crippen LogP contribution in [0.15, 0.2) is 18.2 Å². The predicted molar refractivity (Wildman–Crippen MR) is 62.8 cm³/mol. The largest absolute Gasteiger partial charge is 0.370 e. The van der Waals surface area contributed by atoms with Gasteiger partial charge in [-0.05, 0) is 23.6 Å². The number of aldehydes is 1. The van der Waals surface area contributed by atoms with Crippen LogP contribution in [0, 0.1) is 5.41 Å². The lowest BCUT2D eigenvalue weighted by Crippen LogP contribution is -2.53. The molecule has 80 valence electrons. The van der Waals surface area contributed by atoms with Crippen molar-refractivity contribution in [3.8, 4) is 0 Å². The highest BCUT2D eigenvalue weighted by Gasteiger charge is 2.35. The third kappa shape index (κ3) is 2.00. The number of anilines is 1.